The van der Waals surface area contributed by atoms with Crippen LogP contribution in [0.2, 0.25) is 6.82 Å². The molecule has 1 aliphatic heterocycles. The number of carboxylic acid groups (broad SMARTS) is 1. The molecular formula is C11H14BNO3S. The maximum absolute atomic E-state index is 10.6. The summed E-state index contributed by atoms with van der Waals surface area (Å²) >= 11 is 1.33. The molecule has 0 spiro atoms. The van der Waals surface area contributed by atoms with Gasteiger partial charge in [0.15, 0.2) is 0 Å². The van der Waals surface area contributed by atoms with Gasteiger partial charge in [-0.25, -0.2) is 0 Å². The van der Waals surface area contributed by atoms with Gasteiger partial charge in [0.25, 0.3) is 0 Å². The maximum Gasteiger partial charge on any atom is 0.325 e. The molecule has 1 aromatic rings. The Morgan fingerprint density at radius 1 is 1.65 bits per heavy atom. The number of nitrogens with two attached hydrogens (primary N) is 1. The van der Waals surface area contributed by atoms with Crippen LogP contribution in [0, 0.1) is 0 Å². The Labute approximate surface area is 105 Å². The molecule has 4 nitrogen and oxygen atoms in total. The van der Waals surface area contributed by atoms with Crippen molar-refractivity contribution in [2.45, 2.75) is 17.8 Å². The van der Waals surface area contributed by atoms with E-state index in [-0.39, 0.29) is 18.8 Å². The molecule has 1 aliphatic rings. The molecule has 3 N–H and O–H groups in total. The Morgan fingerprint density at radius 3 is 3.06 bits per heavy atom. The van der Waals surface area contributed by atoms with Crippen LogP contribution in [-0.4, -0.2) is 30.3 Å². The number of carbonyl (C=O) groups is 1. The van der Waals surface area contributed by atoms with Gasteiger partial charge in [0.1, 0.15) is 0 Å². The molecule has 0 aromatic heterocycles. The maximum atomic E-state index is 10.6. The monoisotopic (exact) mass is 251 g/mol. The minimum atomic E-state index is -0.811. The van der Waals surface area contributed by atoms with E-state index in [4.69, 9.17) is 15.5 Å². The number of carboxylic acids is 1. The number of hydrogen-bond acceptors (Lipinski definition) is 4. The Morgan fingerprint density at radius 2 is 2.41 bits per heavy atom. The zero-order valence-electron chi connectivity index (χ0n) is 9.55. The Balaban J connectivity index is 2.30. The zero-order valence-corrected chi connectivity index (χ0v) is 10.4. The minimum absolute atomic E-state index is 0.0176. The average molecular weight is 251 g/mol. The number of benzene rings is 1. The van der Waals surface area contributed by atoms with E-state index in [9.17, 15) is 4.79 Å². The summed E-state index contributed by atoms with van der Waals surface area (Å²) in [5, 5.41) is 8.72. The van der Waals surface area contributed by atoms with Crippen LogP contribution < -0.4 is 11.2 Å². The van der Waals surface area contributed by atoms with E-state index in [1.807, 2.05) is 25.0 Å². The van der Waals surface area contributed by atoms with Crippen LogP contribution in [-0.2, 0) is 9.45 Å². The Kier molecular flexibility index (Phi) is 3.76. The predicted molar refractivity (Wildman–Crippen MR) is 68.9 cm³/mol. The summed E-state index contributed by atoms with van der Waals surface area (Å²) in [5.74, 6) is -0.745. The van der Waals surface area contributed by atoms with Crippen molar-refractivity contribution in [3.63, 3.8) is 0 Å². The lowest BCUT2D eigenvalue weighted by molar-refractivity contribution is -0.133. The highest BCUT2D eigenvalue weighted by atomic mass is 32.2. The van der Waals surface area contributed by atoms with Crippen LogP contribution in [0.4, 0.5) is 0 Å². The number of thioether (sulfide) groups is 1. The minimum Gasteiger partial charge on any atom is -0.481 e. The summed E-state index contributed by atoms with van der Waals surface area (Å²) in [4.78, 5) is 11.6. The van der Waals surface area contributed by atoms with Crippen molar-refractivity contribution in [2.75, 3.05) is 12.3 Å². The molecule has 0 aliphatic carbocycles. The molecule has 0 radical (unpaired) electrons. The molecule has 0 bridgehead atoms. The Hall–Kier alpha value is -0.975. The van der Waals surface area contributed by atoms with Gasteiger partial charge in [-0.05, 0) is 17.1 Å². The van der Waals surface area contributed by atoms with Crippen molar-refractivity contribution >= 4 is 30.1 Å². The molecule has 0 fully saturated rings. The van der Waals surface area contributed by atoms with Crippen molar-refractivity contribution < 1.29 is 14.6 Å². The van der Waals surface area contributed by atoms with Crippen molar-refractivity contribution in [3.05, 3.63) is 23.8 Å². The third kappa shape index (κ3) is 2.49. The van der Waals surface area contributed by atoms with Gasteiger partial charge < -0.3 is 15.5 Å². The molecule has 0 amide bonds. The molecule has 0 saturated heterocycles. The molecular weight excluding hydrogens is 237 g/mol. The number of aliphatic carboxylic acids is 1. The van der Waals surface area contributed by atoms with E-state index in [2.05, 4.69) is 0 Å². The number of rotatable bonds is 4. The van der Waals surface area contributed by atoms with E-state index in [0.717, 1.165) is 15.9 Å². The quantitative estimate of drug-likeness (QED) is 0.609. The van der Waals surface area contributed by atoms with Crippen molar-refractivity contribution in [1.82, 2.24) is 0 Å². The third-order valence-corrected chi connectivity index (χ3v) is 3.85. The molecule has 1 heterocycles. The van der Waals surface area contributed by atoms with Crippen LogP contribution in [0.25, 0.3) is 0 Å². The standard InChI is InChI=1S/C11H14BNO3S/c1-12-11-7(8(5-13)16-12)3-2-4-9(11)17-6-10(14)15/h2-4,8H,5-6,13H2,1H3,(H,14,15)/t8-/m0/s1. The first-order valence-corrected chi connectivity index (χ1v) is 6.45. The van der Waals surface area contributed by atoms with Crippen LogP contribution >= 0.6 is 11.8 Å². The van der Waals surface area contributed by atoms with Gasteiger partial charge >= 0.3 is 12.9 Å². The summed E-state index contributed by atoms with van der Waals surface area (Å²) in [6.07, 6.45) is -0.0645. The summed E-state index contributed by atoms with van der Waals surface area (Å²) < 4.78 is 5.74. The summed E-state index contributed by atoms with van der Waals surface area (Å²) in [6, 6.07) is 5.86. The smallest absolute Gasteiger partial charge is 0.325 e. The van der Waals surface area contributed by atoms with E-state index in [1.165, 1.54) is 11.8 Å². The fourth-order valence-corrected chi connectivity index (χ4v) is 3.01. The molecule has 17 heavy (non-hydrogen) atoms. The van der Waals surface area contributed by atoms with E-state index in [1.54, 1.807) is 0 Å². The third-order valence-electron chi connectivity index (χ3n) is 2.79. The average Bonchev–Trinajstić information content (AvgIpc) is 2.64. The van der Waals surface area contributed by atoms with Crippen LogP contribution in [0.3, 0.4) is 0 Å². The number of fused-ring (bicyclic) bond motifs is 1. The Bertz CT molecular complexity index is 441. The highest BCUT2D eigenvalue weighted by Gasteiger charge is 2.33. The zero-order chi connectivity index (χ0) is 12.4. The molecule has 0 unspecified atom stereocenters. The molecule has 0 saturated carbocycles. The topological polar surface area (TPSA) is 72.5 Å². The van der Waals surface area contributed by atoms with Crippen LogP contribution in [0.1, 0.15) is 11.7 Å². The second kappa shape index (κ2) is 5.12. The van der Waals surface area contributed by atoms with Gasteiger partial charge in [-0.1, -0.05) is 19.0 Å². The van der Waals surface area contributed by atoms with Gasteiger partial charge in [0.2, 0.25) is 0 Å². The van der Waals surface area contributed by atoms with Gasteiger partial charge in [-0.15, -0.1) is 11.8 Å². The number of hydrogen-bond donors (Lipinski definition) is 2. The summed E-state index contributed by atoms with van der Waals surface area (Å²) in [6.45, 7) is 2.40. The van der Waals surface area contributed by atoms with E-state index < -0.39 is 5.97 Å². The second-order valence-corrected chi connectivity index (χ2v) is 4.96. The van der Waals surface area contributed by atoms with Gasteiger partial charge in [-0.3, -0.25) is 4.79 Å². The first-order chi connectivity index (χ1) is 8.13. The van der Waals surface area contributed by atoms with Gasteiger partial charge in [0.05, 0.1) is 11.9 Å². The lowest BCUT2D eigenvalue weighted by Gasteiger charge is -2.09. The lowest BCUT2D eigenvalue weighted by atomic mass is 9.64. The summed E-state index contributed by atoms with van der Waals surface area (Å²) in [7, 11) is 0. The second-order valence-electron chi connectivity index (χ2n) is 3.94. The van der Waals surface area contributed by atoms with Gasteiger partial charge in [-0.2, -0.15) is 0 Å². The fourth-order valence-electron chi connectivity index (χ4n) is 2.11. The highest BCUT2D eigenvalue weighted by Crippen LogP contribution is 2.28. The highest BCUT2D eigenvalue weighted by molar-refractivity contribution is 8.00. The van der Waals surface area contributed by atoms with Crippen LogP contribution in [0.5, 0.6) is 0 Å². The normalized spacial score (nSPS) is 18.2. The SMILES string of the molecule is CB1O[C@@H](CN)c2cccc(SCC(=O)O)c21. The van der Waals surface area contributed by atoms with Gasteiger partial charge in [0, 0.05) is 11.4 Å². The molecule has 6 heteroatoms. The fraction of sp³-hybridized carbons (Fsp3) is 0.364. The summed E-state index contributed by atoms with van der Waals surface area (Å²) in [5.41, 5.74) is 7.84. The first kappa shape index (κ1) is 12.5. The molecule has 1 atom stereocenters. The van der Waals surface area contributed by atoms with Crippen LogP contribution in [0.15, 0.2) is 23.1 Å². The van der Waals surface area contributed by atoms with E-state index in [0.29, 0.717) is 6.54 Å². The van der Waals surface area contributed by atoms with Crippen molar-refractivity contribution in [2.24, 2.45) is 5.73 Å². The molecule has 1 aromatic carbocycles. The molecule has 2 rings (SSSR count). The lowest BCUT2D eigenvalue weighted by Crippen LogP contribution is -2.26. The first-order valence-electron chi connectivity index (χ1n) is 5.46. The largest absolute Gasteiger partial charge is 0.481 e. The van der Waals surface area contributed by atoms with Crippen molar-refractivity contribution in [3.8, 4) is 0 Å². The molecule has 90 valence electrons. The van der Waals surface area contributed by atoms with Crippen molar-refractivity contribution in [1.29, 1.82) is 0 Å². The van der Waals surface area contributed by atoms with E-state index >= 15 is 0 Å². The predicted octanol–water partition coefficient (Wildman–Crippen LogP) is 0.722.